The summed E-state index contributed by atoms with van der Waals surface area (Å²) < 4.78 is 14.6. The molecule has 0 aliphatic carbocycles. The fourth-order valence-electron chi connectivity index (χ4n) is 4.17. The third-order valence-electron chi connectivity index (χ3n) is 5.81. The van der Waals surface area contributed by atoms with Gasteiger partial charge < -0.3 is 5.32 Å². The molecule has 0 spiro atoms. The molecule has 0 aliphatic rings. The van der Waals surface area contributed by atoms with Crippen molar-refractivity contribution in [3.05, 3.63) is 90.0 Å². The number of rotatable bonds is 4. The summed E-state index contributed by atoms with van der Waals surface area (Å²) in [5.74, 6) is -0.220. The van der Waals surface area contributed by atoms with Gasteiger partial charge in [-0.25, -0.2) is 4.39 Å². The van der Waals surface area contributed by atoms with Gasteiger partial charge in [-0.15, -0.1) is 11.3 Å². The van der Waals surface area contributed by atoms with Crippen molar-refractivity contribution < 1.29 is 9.18 Å². The lowest BCUT2D eigenvalue weighted by molar-refractivity contribution is 0.102. The monoisotopic (exact) mass is 467 g/mol. The van der Waals surface area contributed by atoms with E-state index in [1.807, 2.05) is 31.2 Å². The summed E-state index contributed by atoms with van der Waals surface area (Å²) in [6.45, 7) is 1.86. The second-order valence-corrected chi connectivity index (χ2v) is 9.12. The van der Waals surface area contributed by atoms with Gasteiger partial charge in [0.05, 0.1) is 11.7 Å². The van der Waals surface area contributed by atoms with E-state index < -0.39 is 0 Å². The number of thiophene rings is 1. The minimum atomic E-state index is -0.322. The molecule has 0 saturated heterocycles. The predicted molar refractivity (Wildman–Crippen MR) is 134 cm³/mol. The fraction of sp³-hybridized carbons (Fsp3) is 0.0385. The average Bonchev–Trinajstić information content (AvgIpc) is 3.57. The van der Waals surface area contributed by atoms with Gasteiger partial charge in [-0.05, 0) is 54.3 Å². The molecule has 0 bridgehead atoms. The highest BCUT2D eigenvalue weighted by Gasteiger charge is 2.19. The van der Waals surface area contributed by atoms with Crippen LogP contribution in [0.2, 0.25) is 0 Å². The predicted octanol–water partition coefficient (Wildman–Crippen LogP) is 6.53. The van der Waals surface area contributed by atoms with Gasteiger partial charge in [-0.2, -0.15) is 10.2 Å². The lowest BCUT2D eigenvalue weighted by Crippen LogP contribution is -2.13. The number of fused-ring (bicyclic) bond motifs is 2. The first kappa shape index (κ1) is 20.3. The molecular weight excluding hydrogens is 449 g/mol. The van der Waals surface area contributed by atoms with Crippen LogP contribution in [0.1, 0.15) is 16.1 Å². The number of halogens is 1. The molecule has 6 aromatic rings. The van der Waals surface area contributed by atoms with Crippen molar-refractivity contribution in [3.8, 4) is 21.6 Å². The standard InChI is InChI=1S/C26H18FN5OS/c1-14-23(15-6-8-19(27)9-7-15)25(32-30-14)29-26(33)17-10-18-13-28-31-24(18)20(11-17)22-12-16-4-2-3-5-21(16)34-22/h2-13H,1H3,(H,28,31)(H2,29,30,32,33). The first-order chi connectivity index (χ1) is 16.6. The number of anilines is 1. The quantitative estimate of drug-likeness (QED) is 0.275. The van der Waals surface area contributed by atoms with Gasteiger partial charge in [0.15, 0.2) is 5.82 Å². The largest absolute Gasteiger partial charge is 0.305 e. The van der Waals surface area contributed by atoms with E-state index >= 15 is 0 Å². The van der Waals surface area contributed by atoms with Gasteiger partial charge in [0, 0.05) is 37.3 Å². The molecule has 34 heavy (non-hydrogen) atoms. The van der Waals surface area contributed by atoms with Crippen molar-refractivity contribution in [2.45, 2.75) is 6.92 Å². The molecule has 1 amide bonds. The molecule has 8 heteroatoms. The third-order valence-corrected chi connectivity index (χ3v) is 6.96. The summed E-state index contributed by atoms with van der Waals surface area (Å²) >= 11 is 1.67. The van der Waals surface area contributed by atoms with Gasteiger partial charge in [-0.3, -0.25) is 15.0 Å². The van der Waals surface area contributed by atoms with Crippen LogP contribution in [-0.2, 0) is 0 Å². The first-order valence-electron chi connectivity index (χ1n) is 10.6. The van der Waals surface area contributed by atoms with Crippen molar-refractivity contribution in [1.29, 1.82) is 0 Å². The van der Waals surface area contributed by atoms with Crippen LogP contribution in [0, 0.1) is 12.7 Å². The normalized spacial score (nSPS) is 11.4. The van der Waals surface area contributed by atoms with Gasteiger partial charge in [0.25, 0.3) is 5.91 Å². The van der Waals surface area contributed by atoms with Crippen molar-refractivity contribution in [3.63, 3.8) is 0 Å². The summed E-state index contributed by atoms with van der Waals surface area (Å²) in [4.78, 5) is 14.4. The molecule has 0 radical (unpaired) electrons. The van der Waals surface area contributed by atoms with Crippen molar-refractivity contribution in [1.82, 2.24) is 20.4 Å². The number of hydrogen-bond donors (Lipinski definition) is 3. The Hall–Kier alpha value is -4.30. The number of aromatic nitrogens is 4. The first-order valence-corrected chi connectivity index (χ1v) is 11.5. The number of nitrogens with one attached hydrogen (secondary N) is 3. The number of nitrogens with zero attached hydrogens (tertiary/aromatic N) is 2. The van der Waals surface area contributed by atoms with E-state index in [1.54, 1.807) is 29.7 Å². The number of carbonyl (C=O) groups is 1. The molecule has 0 saturated carbocycles. The molecule has 6 rings (SSSR count). The van der Waals surface area contributed by atoms with E-state index in [0.717, 1.165) is 43.6 Å². The van der Waals surface area contributed by atoms with Gasteiger partial charge >= 0.3 is 0 Å². The Bertz CT molecular complexity index is 1650. The molecule has 3 aromatic heterocycles. The number of carbonyl (C=O) groups excluding carboxylic acids is 1. The van der Waals surface area contributed by atoms with E-state index in [1.165, 1.54) is 16.8 Å². The Labute approximate surface area is 197 Å². The van der Waals surface area contributed by atoms with Crippen LogP contribution in [0.4, 0.5) is 10.2 Å². The molecule has 0 unspecified atom stereocenters. The zero-order valence-electron chi connectivity index (χ0n) is 18.0. The number of H-pyrrole nitrogens is 2. The maximum absolute atomic E-state index is 13.4. The highest BCUT2D eigenvalue weighted by atomic mass is 32.1. The van der Waals surface area contributed by atoms with Crippen LogP contribution in [0.3, 0.4) is 0 Å². The number of benzene rings is 3. The summed E-state index contributed by atoms with van der Waals surface area (Å²) in [6, 6.07) is 20.1. The van der Waals surface area contributed by atoms with Crippen LogP contribution >= 0.6 is 11.3 Å². The van der Waals surface area contributed by atoms with Crippen molar-refractivity contribution in [2.24, 2.45) is 0 Å². The van der Waals surface area contributed by atoms with Crippen LogP contribution in [0.15, 0.2) is 72.9 Å². The lowest BCUT2D eigenvalue weighted by Gasteiger charge is -2.08. The maximum atomic E-state index is 13.4. The second-order valence-electron chi connectivity index (χ2n) is 8.04. The number of amides is 1. The Kier molecular flexibility index (Phi) is 4.74. The SMILES string of the molecule is Cc1[nH]nc(NC(=O)c2cc(-c3cc4ccccc4s3)c3[nH]ncc3c2)c1-c1ccc(F)cc1. The third kappa shape index (κ3) is 3.45. The van der Waals surface area contributed by atoms with Gasteiger partial charge in [-0.1, -0.05) is 30.3 Å². The molecule has 166 valence electrons. The molecule has 3 aromatic carbocycles. The smallest absolute Gasteiger partial charge is 0.256 e. The zero-order chi connectivity index (χ0) is 23.2. The number of aromatic amines is 2. The summed E-state index contributed by atoms with van der Waals surface area (Å²) in [7, 11) is 0. The average molecular weight is 468 g/mol. The van der Waals surface area contributed by atoms with Gasteiger partial charge in [0.1, 0.15) is 5.82 Å². The highest BCUT2D eigenvalue weighted by molar-refractivity contribution is 7.22. The molecule has 0 fully saturated rings. The van der Waals surface area contributed by atoms with Crippen LogP contribution < -0.4 is 5.32 Å². The fourth-order valence-corrected chi connectivity index (χ4v) is 5.25. The molecule has 3 heterocycles. The molecule has 0 aliphatic heterocycles. The van der Waals surface area contributed by atoms with Crippen molar-refractivity contribution >= 4 is 44.1 Å². The van der Waals surface area contributed by atoms with E-state index in [4.69, 9.17) is 0 Å². The Balaban J connectivity index is 1.40. The Morgan fingerprint density at radius 2 is 1.82 bits per heavy atom. The summed E-state index contributed by atoms with van der Waals surface area (Å²) in [5.41, 5.74) is 4.55. The van der Waals surface area contributed by atoms with Crippen LogP contribution in [-0.4, -0.2) is 26.3 Å². The van der Waals surface area contributed by atoms with E-state index in [9.17, 15) is 9.18 Å². The minimum Gasteiger partial charge on any atom is -0.305 e. The van der Waals surface area contributed by atoms with Crippen molar-refractivity contribution in [2.75, 3.05) is 5.32 Å². The number of hydrogen-bond acceptors (Lipinski definition) is 4. The minimum absolute atomic E-state index is 0.291. The topological polar surface area (TPSA) is 86.5 Å². The van der Waals surface area contributed by atoms with Crippen LogP contribution in [0.5, 0.6) is 0 Å². The second kappa shape index (κ2) is 7.93. The summed E-state index contributed by atoms with van der Waals surface area (Å²) in [6.07, 6.45) is 1.71. The van der Waals surface area contributed by atoms with Gasteiger partial charge in [0.2, 0.25) is 0 Å². The maximum Gasteiger partial charge on any atom is 0.256 e. The molecule has 3 N–H and O–H groups in total. The van der Waals surface area contributed by atoms with E-state index in [2.05, 4.69) is 43.9 Å². The van der Waals surface area contributed by atoms with Crippen LogP contribution in [0.25, 0.3) is 42.6 Å². The molecule has 0 atom stereocenters. The highest BCUT2D eigenvalue weighted by Crippen LogP contribution is 2.37. The lowest BCUT2D eigenvalue weighted by atomic mass is 10.0. The summed E-state index contributed by atoms with van der Waals surface area (Å²) in [5, 5.41) is 19.4. The molecular formula is C26H18FN5OS. The zero-order valence-corrected chi connectivity index (χ0v) is 18.8. The Morgan fingerprint density at radius 1 is 1.00 bits per heavy atom. The molecule has 6 nitrogen and oxygen atoms in total. The van der Waals surface area contributed by atoms with E-state index in [-0.39, 0.29) is 11.7 Å². The number of aryl methyl sites for hydroxylation is 1. The Morgan fingerprint density at radius 3 is 2.65 bits per heavy atom. The van der Waals surface area contributed by atoms with E-state index in [0.29, 0.717) is 11.4 Å².